The fourth-order valence-electron chi connectivity index (χ4n) is 2.66. The van der Waals surface area contributed by atoms with Gasteiger partial charge in [0.1, 0.15) is 0 Å². The number of nitrogens with zero attached hydrogens (tertiary/aromatic N) is 1. The van der Waals surface area contributed by atoms with Crippen molar-refractivity contribution in [3.8, 4) is 0 Å². The third kappa shape index (κ3) is 4.32. The van der Waals surface area contributed by atoms with Crippen LogP contribution in [-0.4, -0.2) is 37.1 Å². The first kappa shape index (κ1) is 17.2. The van der Waals surface area contributed by atoms with Crippen LogP contribution in [0.2, 0.25) is 0 Å². The van der Waals surface area contributed by atoms with Crippen molar-refractivity contribution in [2.75, 3.05) is 20.6 Å². The van der Waals surface area contributed by atoms with Gasteiger partial charge in [0, 0.05) is 11.6 Å². The minimum Gasteiger partial charge on any atom is -0.312 e. The van der Waals surface area contributed by atoms with Gasteiger partial charge in [-0.3, -0.25) is 0 Å². The molecule has 0 fully saturated rings. The molecule has 0 aliphatic carbocycles. The lowest BCUT2D eigenvalue weighted by Gasteiger charge is -2.43. The molecule has 0 aliphatic rings. The first-order valence-corrected chi connectivity index (χ1v) is 7.90. The lowest BCUT2D eigenvalue weighted by atomic mass is 9.84. The normalized spacial score (nSPS) is 16.1. The molecule has 0 aliphatic heterocycles. The van der Waals surface area contributed by atoms with Crippen LogP contribution < -0.4 is 5.32 Å². The molecule has 1 aromatic carbocycles. The summed E-state index contributed by atoms with van der Waals surface area (Å²) in [6.45, 7) is 10.1. The first-order chi connectivity index (χ1) is 9.43. The van der Waals surface area contributed by atoms with Crippen molar-refractivity contribution >= 4 is 0 Å². The standard InChI is InChI=1S/C18H32N2/c1-7-13-19-17(18(4,8-2)20(5)6)14-16-11-9-15(3)10-12-16/h9-12,17,19H,7-8,13-14H2,1-6H3. The van der Waals surface area contributed by atoms with Gasteiger partial charge in [-0.1, -0.05) is 43.7 Å². The highest BCUT2D eigenvalue weighted by Gasteiger charge is 2.34. The van der Waals surface area contributed by atoms with E-state index in [0.29, 0.717) is 6.04 Å². The Balaban J connectivity index is 2.90. The van der Waals surface area contributed by atoms with Crippen molar-refractivity contribution < 1.29 is 0 Å². The van der Waals surface area contributed by atoms with E-state index in [9.17, 15) is 0 Å². The predicted molar refractivity (Wildman–Crippen MR) is 89.3 cm³/mol. The maximum atomic E-state index is 3.76. The lowest BCUT2D eigenvalue weighted by Crippen LogP contribution is -2.57. The van der Waals surface area contributed by atoms with Gasteiger partial charge < -0.3 is 10.2 Å². The fourth-order valence-corrected chi connectivity index (χ4v) is 2.66. The van der Waals surface area contributed by atoms with Crippen molar-refractivity contribution in [1.29, 1.82) is 0 Å². The highest BCUT2D eigenvalue weighted by Crippen LogP contribution is 2.24. The van der Waals surface area contributed by atoms with Crippen molar-refractivity contribution in [3.05, 3.63) is 35.4 Å². The van der Waals surface area contributed by atoms with Crippen LogP contribution in [0.1, 0.15) is 44.7 Å². The van der Waals surface area contributed by atoms with E-state index in [0.717, 1.165) is 19.4 Å². The van der Waals surface area contributed by atoms with Crippen LogP contribution in [0.25, 0.3) is 0 Å². The van der Waals surface area contributed by atoms with Gasteiger partial charge in [-0.25, -0.2) is 0 Å². The SMILES string of the molecule is CCCNC(Cc1ccc(C)cc1)C(C)(CC)N(C)C. The Hall–Kier alpha value is -0.860. The lowest BCUT2D eigenvalue weighted by molar-refractivity contribution is 0.112. The molecule has 0 bridgehead atoms. The molecule has 0 spiro atoms. The molecule has 0 amide bonds. The second-order valence-corrected chi connectivity index (χ2v) is 6.30. The Labute approximate surface area is 125 Å². The Morgan fingerprint density at radius 1 is 1.15 bits per heavy atom. The molecule has 0 saturated heterocycles. The molecule has 1 aromatic rings. The monoisotopic (exact) mass is 276 g/mol. The van der Waals surface area contributed by atoms with Crippen LogP contribution in [0.4, 0.5) is 0 Å². The molecule has 20 heavy (non-hydrogen) atoms. The van der Waals surface area contributed by atoms with E-state index in [-0.39, 0.29) is 5.54 Å². The van der Waals surface area contributed by atoms with E-state index in [1.54, 1.807) is 0 Å². The summed E-state index contributed by atoms with van der Waals surface area (Å²) in [6.07, 6.45) is 3.41. The maximum Gasteiger partial charge on any atom is 0.0328 e. The van der Waals surface area contributed by atoms with Crippen LogP contribution in [0, 0.1) is 6.92 Å². The van der Waals surface area contributed by atoms with Crippen molar-refractivity contribution in [2.45, 2.75) is 58.5 Å². The maximum absolute atomic E-state index is 3.76. The second-order valence-electron chi connectivity index (χ2n) is 6.30. The van der Waals surface area contributed by atoms with Crippen molar-refractivity contribution in [2.24, 2.45) is 0 Å². The van der Waals surface area contributed by atoms with Gasteiger partial charge in [0.2, 0.25) is 0 Å². The zero-order chi connectivity index (χ0) is 15.2. The Bertz CT molecular complexity index is 383. The second kappa shape index (κ2) is 7.80. The summed E-state index contributed by atoms with van der Waals surface area (Å²) in [6, 6.07) is 9.44. The average molecular weight is 276 g/mol. The highest BCUT2D eigenvalue weighted by molar-refractivity contribution is 5.23. The molecule has 2 unspecified atom stereocenters. The molecule has 0 radical (unpaired) electrons. The first-order valence-electron chi connectivity index (χ1n) is 7.90. The van der Waals surface area contributed by atoms with Crippen molar-refractivity contribution in [3.63, 3.8) is 0 Å². The zero-order valence-corrected chi connectivity index (χ0v) is 14.2. The van der Waals surface area contributed by atoms with E-state index < -0.39 is 0 Å². The van der Waals surface area contributed by atoms with Gasteiger partial charge >= 0.3 is 0 Å². The molecule has 1 rings (SSSR count). The quantitative estimate of drug-likeness (QED) is 0.780. The molecule has 2 atom stereocenters. The van der Waals surface area contributed by atoms with Gasteiger partial charge in [0.05, 0.1) is 0 Å². The van der Waals surface area contributed by atoms with Crippen LogP contribution in [-0.2, 0) is 6.42 Å². The minimum absolute atomic E-state index is 0.181. The third-order valence-electron chi connectivity index (χ3n) is 4.69. The van der Waals surface area contributed by atoms with Gasteiger partial charge in [-0.05, 0) is 59.3 Å². The number of hydrogen-bond donors (Lipinski definition) is 1. The Morgan fingerprint density at radius 3 is 2.20 bits per heavy atom. The smallest absolute Gasteiger partial charge is 0.0328 e. The molecule has 0 saturated carbocycles. The topological polar surface area (TPSA) is 15.3 Å². The molecular weight excluding hydrogens is 244 g/mol. The number of likely N-dealkylation sites (N-methyl/N-ethyl adjacent to an activating group) is 1. The Morgan fingerprint density at radius 2 is 1.75 bits per heavy atom. The van der Waals surface area contributed by atoms with E-state index in [2.05, 4.69) is 76.3 Å². The van der Waals surface area contributed by atoms with Crippen LogP contribution in [0.5, 0.6) is 0 Å². The molecule has 0 aromatic heterocycles. The van der Waals surface area contributed by atoms with E-state index in [4.69, 9.17) is 0 Å². The fraction of sp³-hybridized carbons (Fsp3) is 0.667. The summed E-state index contributed by atoms with van der Waals surface area (Å²) in [5, 5.41) is 3.76. The predicted octanol–water partition coefficient (Wildman–Crippen LogP) is 3.64. The number of benzene rings is 1. The highest BCUT2D eigenvalue weighted by atomic mass is 15.2. The van der Waals surface area contributed by atoms with Gasteiger partial charge in [0.25, 0.3) is 0 Å². The van der Waals surface area contributed by atoms with E-state index >= 15 is 0 Å². The third-order valence-corrected chi connectivity index (χ3v) is 4.69. The summed E-state index contributed by atoms with van der Waals surface area (Å²) >= 11 is 0. The molecular formula is C18H32N2. The summed E-state index contributed by atoms with van der Waals surface area (Å²) in [5.41, 5.74) is 2.93. The van der Waals surface area contributed by atoms with E-state index in [1.165, 1.54) is 17.5 Å². The molecule has 2 nitrogen and oxygen atoms in total. The molecule has 1 N–H and O–H groups in total. The number of nitrogens with one attached hydrogen (secondary N) is 1. The zero-order valence-electron chi connectivity index (χ0n) is 14.2. The van der Waals surface area contributed by atoms with Crippen LogP contribution >= 0.6 is 0 Å². The minimum atomic E-state index is 0.181. The molecule has 114 valence electrons. The van der Waals surface area contributed by atoms with Crippen LogP contribution in [0.15, 0.2) is 24.3 Å². The number of hydrogen-bond acceptors (Lipinski definition) is 2. The summed E-state index contributed by atoms with van der Waals surface area (Å²) in [4.78, 5) is 2.37. The Kier molecular flexibility index (Phi) is 6.70. The average Bonchev–Trinajstić information content (AvgIpc) is 2.44. The number of rotatable bonds is 8. The van der Waals surface area contributed by atoms with Gasteiger partial charge in [-0.2, -0.15) is 0 Å². The summed E-state index contributed by atoms with van der Waals surface area (Å²) in [7, 11) is 4.39. The molecule has 2 heteroatoms. The summed E-state index contributed by atoms with van der Waals surface area (Å²) in [5.74, 6) is 0. The largest absolute Gasteiger partial charge is 0.312 e. The molecule has 0 heterocycles. The van der Waals surface area contributed by atoms with Gasteiger partial charge in [-0.15, -0.1) is 0 Å². The van der Waals surface area contributed by atoms with Crippen molar-refractivity contribution in [1.82, 2.24) is 10.2 Å². The van der Waals surface area contributed by atoms with E-state index in [1.807, 2.05) is 0 Å². The summed E-state index contributed by atoms with van der Waals surface area (Å²) < 4.78 is 0. The number of aryl methyl sites for hydroxylation is 1. The van der Waals surface area contributed by atoms with Crippen LogP contribution in [0.3, 0.4) is 0 Å². The van der Waals surface area contributed by atoms with Gasteiger partial charge in [0.15, 0.2) is 0 Å².